The fourth-order valence-corrected chi connectivity index (χ4v) is 6.56. The van der Waals surface area contributed by atoms with Crippen molar-refractivity contribution in [3.63, 3.8) is 0 Å². The number of benzene rings is 2. The number of nitrogens with one attached hydrogen (secondary N) is 1. The molecule has 1 aliphatic rings. The van der Waals surface area contributed by atoms with E-state index < -0.39 is 15.8 Å². The second-order valence-corrected chi connectivity index (χ2v) is 10.7. The van der Waals surface area contributed by atoms with E-state index in [0.29, 0.717) is 18.0 Å². The quantitative estimate of drug-likeness (QED) is 0.572. The summed E-state index contributed by atoms with van der Waals surface area (Å²) in [5, 5.41) is 3.42. The smallest absolute Gasteiger partial charge is 0.245 e. The fourth-order valence-electron chi connectivity index (χ4n) is 3.50. The Bertz CT molecular complexity index is 1190. The van der Waals surface area contributed by atoms with Gasteiger partial charge in [0.2, 0.25) is 15.9 Å². The average Bonchev–Trinajstić information content (AvgIpc) is 3.16. The first-order valence-electron chi connectivity index (χ1n) is 9.39. The van der Waals surface area contributed by atoms with E-state index in [1.165, 1.54) is 33.8 Å². The van der Waals surface area contributed by atoms with Crippen LogP contribution in [-0.2, 0) is 14.8 Å². The highest BCUT2D eigenvalue weighted by Gasteiger charge is 2.33. The van der Waals surface area contributed by atoms with Gasteiger partial charge in [0.1, 0.15) is 10.7 Å². The first kappa shape index (κ1) is 21.2. The van der Waals surface area contributed by atoms with Crippen molar-refractivity contribution in [1.29, 1.82) is 0 Å². The van der Waals surface area contributed by atoms with Crippen LogP contribution in [0, 0.1) is 11.7 Å². The maximum Gasteiger partial charge on any atom is 0.245 e. The maximum absolute atomic E-state index is 14.0. The van der Waals surface area contributed by atoms with Gasteiger partial charge in [-0.25, -0.2) is 17.8 Å². The number of sulfonamides is 1. The predicted octanol–water partition coefficient (Wildman–Crippen LogP) is 4.20. The van der Waals surface area contributed by atoms with E-state index in [2.05, 4.69) is 10.3 Å². The summed E-state index contributed by atoms with van der Waals surface area (Å²) in [5.74, 6) is -1.25. The van der Waals surface area contributed by atoms with Gasteiger partial charge in [-0.1, -0.05) is 29.5 Å². The van der Waals surface area contributed by atoms with Gasteiger partial charge in [-0.15, -0.1) is 11.8 Å². The highest BCUT2D eigenvalue weighted by molar-refractivity contribution is 7.98. The topological polar surface area (TPSA) is 79.4 Å². The van der Waals surface area contributed by atoms with E-state index in [4.69, 9.17) is 0 Å². The van der Waals surface area contributed by atoms with Gasteiger partial charge >= 0.3 is 0 Å². The van der Waals surface area contributed by atoms with Gasteiger partial charge in [0, 0.05) is 23.9 Å². The minimum Gasteiger partial charge on any atom is -0.302 e. The SMILES string of the molecule is CSc1cccc2sc(NC(=O)C3CCN(S(=O)(=O)c4ccccc4F)CC3)nc12. The molecule has 10 heteroatoms. The Hall–Kier alpha value is -2.01. The van der Waals surface area contributed by atoms with Gasteiger partial charge in [-0.2, -0.15) is 4.31 Å². The number of hydrogen-bond acceptors (Lipinski definition) is 6. The Kier molecular flexibility index (Phi) is 6.10. The van der Waals surface area contributed by atoms with Crippen molar-refractivity contribution in [2.75, 3.05) is 24.7 Å². The Balaban J connectivity index is 1.42. The minimum absolute atomic E-state index is 0.164. The lowest BCUT2D eigenvalue weighted by atomic mass is 9.97. The van der Waals surface area contributed by atoms with Crippen molar-refractivity contribution >= 4 is 54.4 Å². The van der Waals surface area contributed by atoms with Crippen LogP contribution in [0.3, 0.4) is 0 Å². The van der Waals surface area contributed by atoms with Crippen molar-refractivity contribution in [1.82, 2.24) is 9.29 Å². The number of rotatable bonds is 5. The van der Waals surface area contributed by atoms with E-state index >= 15 is 0 Å². The number of carbonyl (C=O) groups excluding carboxylic acids is 1. The molecule has 0 spiro atoms. The molecule has 6 nitrogen and oxygen atoms in total. The molecule has 0 saturated carbocycles. The monoisotopic (exact) mass is 465 g/mol. The molecule has 1 saturated heterocycles. The highest BCUT2D eigenvalue weighted by atomic mass is 32.2. The Morgan fingerprint density at radius 1 is 1.20 bits per heavy atom. The molecule has 0 atom stereocenters. The molecule has 30 heavy (non-hydrogen) atoms. The van der Waals surface area contributed by atoms with Crippen LogP contribution in [0.4, 0.5) is 9.52 Å². The van der Waals surface area contributed by atoms with Crippen LogP contribution in [0.5, 0.6) is 0 Å². The van der Waals surface area contributed by atoms with Crippen LogP contribution in [0.25, 0.3) is 10.2 Å². The summed E-state index contributed by atoms with van der Waals surface area (Å²) >= 11 is 3.02. The number of para-hydroxylation sites is 1. The summed E-state index contributed by atoms with van der Waals surface area (Å²) in [6.07, 6.45) is 2.73. The number of thioether (sulfide) groups is 1. The molecule has 1 N–H and O–H groups in total. The zero-order chi connectivity index (χ0) is 21.3. The third-order valence-corrected chi connectivity index (χ3v) is 8.75. The van der Waals surface area contributed by atoms with E-state index in [9.17, 15) is 17.6 Å². The molecule has 0 aliphatic carbocycles. The van der Waals surface area contributed by atoms with E-state index in [1.54, 1.807) is 11.8 Å². The van der Waals surface area contributed by atoms with Crippen molar-refractivity contribution in [2.24, 2.45) is 5.92 Å². The molecule has 2 heterocycles. The average molecular weight is 466 g/mol. The van der Waals surface area contributed by atoms with Gasteiger partial charge in [-0.05, 0) is 43.4 Å². The number of thiazole rings is 1. The largest absolute Gasteiger partial charge is 0.302 e. The molecule has 0 bridgehead atoms. The number of hydrogen-bond donors (Lipinski definition) is 1. The normalized spacial score (nSPS) is 16.1. The minimum atomic E-state index is -3.91. The number of fused-ring (bicyclic) bond motifs is 1. The second-order valence-electron chi connectivity index (χ2n) is 6.92. The maximum atomic E-state index is 14.0. The summed E-state index contributed by atoms with van der Waals surface area (Å²) < 4.78 is 41.6. The van der Waals surface area contributed by atoms with Gasteiger partial charge in [-0.3, -0.25) is 4.79 Å². The van der Waals surface area contributed by atoms with E-state index in [0.717, 1.165) is 21.2 Å². The van der Waals surface area contributed by atoms with Gasteiger partial charge in [0.25, 0.3) is 0 Å². The number of carbonyl (C=O) groups is 1. The summed E-state index contributed by atoms with van der Waals surface area (Å²) in [7, 11) is -3.91. The molecule has 1 aliphatic heterocycles. The molecule has 0 unspecified atom stereocenters. The summed E-state index contributed by atoms with van der Waals surface area (Å²) in [6, 6.07) is 11.3. The van der Waals surface area contributed by atoms with Gasteiger partial charge < -0.3 is 5.32 Å². The van der Waals surface area contributed by atoms with E-state index in [1.807, 2.05) is 24.5 Å². The van der Waals surface area contributed by atoms with Crippen molar-refractivity contribution < 1.29 is 17.6 Å². The van der Waals surface area contributed by atoms with Crippen LogP contribution in [0.1, 0.15) is 12.8 Å². The van der Waals surface area contributed by atoms with Crippen molar-refractivity contribution in [3.05, 3.63) is 48.3 Å². The molecule has 4 rings (SSSR count). The van der Waals surface area contributed by atoms with E-state index in [-0.39, 0.29) is 29.8 Å². The molecule has 3 aromatic rings. The fraction of sp³-hybridized carbons (Fsp3) is 0.300. The molecular weight excluding hydrogens is 445 g/mol. The molecular formula is C20H20FN3O3S3. The first-order valence-corrected chi connectivity index (χ1v) is 12.9. The molecule has 2 aromatic carbocycles. The van der Waals surface area contributed by atoms with Gasteiger partial charge in [0.05, 0.1) is 10.2 Å². The molecule has 0 radical (unpaired) electrons. The molecule has 158 valence electrons. The molecule has 1 amide bonds. The van der Waals surface area contributed by atoms with Crippen molar-refractivity contribution in [3.8, 4) is 0 Å². The van der Waals surface area contributed by atoms with Crippen LogP contribution < -0.4 is 5.32 Å². The van der Waals surface area contributed by atoms with Crippen LogP contribution in [-0.4, -0.2) is 43.0 Å². The zero-order valence-corrected chi connectivity index (χ0v) is 18.6. The Labute approximate surface area is 182 Å². The molecule has 1 fully saturated rings. The van der Waals surface area contributed by atoms with Crippen LogP contribution in [0.2, 0.25) is 0 Å². The third-order valence-electron chi connectivity index (χ3n) is 5.11. The zero-order valence-electron chi connectivity index (χ0n) is 16.2. The lowest BCUT2D eigenvalue weighted by Gasteiger charge is -2.30. The lowest BCUT2D eigenvalue weighted by molar-refractivity contribution is -0.120. The number of nitrogens with zero attached hydrogens (tertiary/aromatic N) is 2. The highest BCUT2D eigenvalue weighted by Crippen LogP contribution is 2.33. The third kappa shape index (κ3) is 4.09. The Morgan fingerprint density at radius 2 is 1.93 bits per heavy atom. The standard InChI is InChI=1S/C20H20FN3O3S3/c1-28-15-6-4-7-16-18(15)22-20(29-16)23-19(25)13-9-11-24(12-10-13)30(26,27)17-8-3-2-5-14(17)21/h2-8,13H,9-12H2,1H3,(H,22,23,25). The lowest BCUT2D eigenvalue weighted by Crippen LogP contribution is -2.41. The number of piperidine rings is 1. The van der Waals surface area contributed by atoms with Crippen LogP contribution >= 0.6 is 23.1 Å². The van der Waals surface area contributed by atoms with Crippen molar-refractivity contribution in [2.45, 2.75) is 22.6 Å². The summed E-state index contributed by atoms with van der Waals surface area (Å²) in [5.41, 5.74) is 0.871. The van der Waals surface area contributed by atoms with Crippen LogP contribution in [0.15, 0.2) is 52.3 Å². The van der Waals surface area contributed by atoms with Gasteiger partial charge in [0.15, 0.2) is 5.13 Å². The first-order chi connectivity index (χ1) is 14.4. The number of anilines is 1. The number of aromatic nitrogens is 1. The summed E-state index contributed by atoms with van der Waals surface area (Å²) in [4.78, 5) is 18.0. The predicted molar refractivity (Wildman–Crippen MR) is 118 cm³/mol. The number of amides is 1. The Morgan fingerprint density at radius 3 is 2.63 bits per heavy atom. The molecule has 1 aromatic heterocycles. The number of halogens is 1. The second kappa shape index (κ2) is 8.62. The summed E-state index contributed by atoms with van der Waals surface area (Å²) in [6.45, 7) is 0.344.